The third-order valence-corrected chi connectivity index (χ3v) is 4.68. The van der Waals surface area contributed by atoms with E-state index in [0.29, 0.717) is 49.0 Å². The smallest absolute Gasteiger partial charge is 0.223 e. The van der Waals surface area contributed by atoms with Gasteiger partial charge in [-0.2, -0.15) is 0 Å². The van der Waals surface area contributed by atoms with Crippen LogP contribution < -0.4 is 10.4 Å². The van der Waals surface area contributed by atoms with E-state index in [9.17, 15) is 5.21 Å². The number of nitrogens with one attached hydrogen (secondary N) is 1. The minimum atomic E-state index is 0.403. The SMILES string of the molecule is CC(C)c1ccc(N=C(NO)N2CCN(c3nccnc3Cl)CC2)cc1. The molecule has 1 aliphatic rings. The van der Waals surface area contributed by atoms with Crippen LogP contribution in [0, 0.1) is 0 Å². The average Bonchev–Trinajstić information content (AvgIpc) is 2.67. The van der Waals surface area contributed by atoms with Gasteiger partial charge >= 0.3 is 0 Å². The van der Waals surface area contributed by atoms with Crippen molar-refractivity contribution in [2.75, 3.05) is 31.1 Å². The van der Waals surface area contributed by atoms with Crippen molar-refractivity contribution < 1.29 is 5.21 Å². The Kier molecular flexibility index (Phi) is 5.90. The van der Waals surface area contributed by atoms with Gasteiger partial charge in [0.05, 0.1) is 5.69 Å². The van der Waals surface area contributed by atoms with Crippen molar-refractivity contribution in [3.8, 4) is 0 Å². The van der Waals surface area contributed by atoms with E-state index in [1.54, 1.807) is 12.4 Å². The van der Waals surface area contributed by atoms with E-state index in [1.807, 2.05) is 17.0 Å². The first-order valence-electron chi connectivity index (χ1n) is 8.63. The van der Waals surface area contributed by atoms with Crippen molar-refractivity contribution in [2.24, 2.45) is 4.99 Å². The monoisotopic (exact) mass is 374 g/mol. The summed E-state index contributed by atoms with van der Waals surface area (Å²) >= 11 is 6.12. The molecule has 26 heavy (non-hydrogen) atoms. The molecule has 8 heteroatoms. The van der Waals surface area contributed by atoms with Gasteiger partial charge in [0.15, 0.2) is 11.0 Å². The number of rotatable bonds is 3. The summed E-state index contributed by atoms with van der Waals surface area (Å²) in [5.74, 6) is 1.60. The van der Waals surface area contributed by atoms with Crippen LogP contribution in [-0.4, -0.2) is 52.2 Å². The molecule has 3 rings (SSSR count). The van der Waals surface area contributed by atoms with Crippen LogP contribution in [0.2, 0.25) is 5.15 Å². The molecule has 138 valence electrons. The topological polar surface area (TPSA) is 76.9 Å². The fraction of sp³-hybridized carbons (Fsp3) is 0.389. The molecule has 0 bridgehead atoms. The molecule has 1 aromatic heterocycles. The molecule has 0 unspecified atom stereocenters. The molecular formula is C18H23ClN6O. The number of aliphatic imine (C=N–C) groups is 1. The van der Waals surface area contributed by atoms with Gasteiger partial charge < -0.3 is 9.80 Å². The first kappa shape index (κ1) is 18.4. The maximum Gasteiger partial charge on any atom is 0.223 e. The van der Waals surface area contributed by atoms with E-state index in [4.69, 9.17) is 11.6 Å². The maximum absolute atomic E-state index is 9.53. The number of hydrogen-bond donors (Lipinski definition) is 2. The third kappa shape index (κ3) is 4.23. The summed E-state index contributed by atoms with van der Waals surface area (Å²) in [7, 11) is 0. The number of hydrogen-bond acceptors (Lipinski definition) is 5. The van der Waals surface area contributed by atoms with Crippen LogP contribution >= 0.6 is 11.6 Å². The minimum Gasteiger partial charge on any atom is -0.351 e. The Balaban J connectivity index is 1.67. The Labute approximate surface area is 158 Å². The molecular weight excluding hydrogens is 352 g/mol. The van der Waals surface area contributed by atoms with Gasteiger partial charge in [0.1, 0.15) is 0 Å². The van der Waals surface area contributed by atoms with Crippen LogP contribution in [0.1, 0.15) is 25.3 Å². The summed E-state index contributed by atoms with van der Waals surface area (Å²) in [6.07, 6.45) is 3.21. The standard InChI is InChI=1S/C18H23ClN6O/c1-13(2)14-3-5-15(6-4-14)22-18(23-26)25-11-9-24(10-12-25)17-16(19)20-7-8-21-17/h3-8,13,26H,9-12H2,1-2H3,(H,22,23). The Morgan fingerprint density at radius 2 is 1.77 bits per heavy atom. The van der Waals surface area contributed by atoms with Gasteiger partial charge in [0.2, 0.25) is 5.96 Å². The quantitative estimate of drug-likeness (QED) is 0.488. The van der Waals surface area contributed by atoms with Crippen LogP contribution in [0.4, 0.5) is 11.5 Å². The highest BCUT2D eigenvalue weighted by atomic mass is 35.5. The lowest BCUT2D eigenvalue weighted by molar-refractivity contribution is 0.207. The Hall–Kier alpha value is -2.38. The number of hydroxylamine groups is 1. The second-order valence-corrected chi connectivity index (χ2v) is 6.80. The normalized spacial score (nSPS) is 15.5. The molecule has 1 aliphatic heterocycles. The largest absolute Gasteiger partial charge is 0.351 e. The predicted molar refractivity (Wildman–Crippen MR) is 103 cm³/mol. The Morgan fingerprint density at radius 3 is 2.35 bits per heavy atom. The summed E-state index contributed by atoms with van der Waals surface area (Å²) in [6.45, 7) is 7.10. The summed E-state index contributed by atoms with van der Waals surface area (Å²) in [5, 5.41) is 9.93. The van der Waals surface area contributed by atoms with E-state index < -0.39 is 0 Å². The first-order valence-corrected chi connectivity index (χ1v) is 9.01. The van der Waals surface area contributed by atoms with E-state index in [2.05, 4.69) is 51.3 Å². The van der Waals surface area contributed by atoms with Crippen LogP contribution in [0.15, 0.2) is 41.7 Å². The first-order chi connectivity index (χ1) is 12.6. The lowest BCUT2D eigenvalue weighted by Crippen LogP contribution is -2.52. The Morgan fingerprint density at radius 1 is 1.12 bits per heavy atom. The van der Waals surface area contributed by atoms with Gasteiger partial charge in [0, 0.05) is 38.6 Å². The van der Waals surface area contributed by atoms with Crippen molar-refractivity contribution in [1.82, 2.24) is 20.3 Å². The molecule has 1 fully saturated rings. The molecule has 0 spiro atoms. The fourth-order valence-corrected chi connectivity index (χ4v) is 3.10. The zero-order chi connectivity index (χ0) is 18.5. The Bertz CT molecular complexity index is 757. The lowest BCUT2D eigenvalue weighted by Gasteiger charge is -2.36. The highest BCUT2D eigenvalue weighted by molar-refractivity contribution is 6.31. The van der Waals surface area contributed by atoms with Crippen LogP contribution in [-0.2, 0) is 0 Å². The van der Waals surface area contributed by atoms with Gasteiger partial charge in [-0.25, -0.2) is 20.4 Å². The number of nitrogens with zero attached hydrogens (tertiary/aromatic N) is 5. The third-order valence-electron chi connectivity index (χ3n) is 4.41. The second-order valence-electron chi connectivity index (χ2n) is 6.44. The zero-order valence-corrected chi connectivity index (χ0v) is 15.7. The van der Waals surface area contributed by atoms with Crippen molar-refractivity contribution in [3.63, 3.8) is 0 Å². The van der Waals surface area contributed by atoms with Gasteiger partial charge in [-0.1, -0.05) is 37.6 Å². The number of anilines is 1. The number of guanidine groups is 1. The number of benzene rings is 1. The van der Waals surface area contributed by atoms with E-state index in [-0.39, 0.29) is 0 Å². The van der Waals surface area contributed by atoms with E-state index >= 15 is 0 Å². The van der Waals surface area contributed by atoms with Crippen molar-refractivity contribution in [2.45, 2.75) is 19.8 Å². The van der Waals surface area contributed by atoms with Gasteiger partial charge in [-0.3, -0.25) is 5.21 Å². The van der Waals surface area contributed by atoms with Gasteiger partial charge in [-0.05, 0) is 23.6 Å². The predicted octanol–water partition coefficient (Wildman–Crippen LogP) is 3.04. The van der Waals surface area contributed by atoms with Crippen molar-refractivity contribution >= 4 is 29.1 Å². The van der Waals surface area contributed by atoms with Crippen LogP contribution in [0.3, 0.4) is 0 Å². The molecule has 1 saturated heterocycles. The summed E-state index contributed by atoms with van der Waals surface area (Å²) in [4.78, 5) is 17.0. The zero-order valence-electron chi connectivity index (χ0n) is 14.9. The minimum absolute atomic E-state index is 0.403. The number of aromatic nitrogens is 2. The maximum atomic E-state index is 9.53. The fourth-order valence-electron chi connectivity index (χ4n) is 2.88. The second kappa shape index (κ2) is 8.33. The van der Waals surface area contributed by atoms with E-state index in [0.717, 1.165) is 5.69 Å². The van der Waals surface area contributed by atoms with E-state index in [1.165, 1.54) is 5.56 Å². The highest BCUT2D eigenvalue weighted by Crippen LogP contribution is 2.22. The van der Waals surface area contributed by atoms with Gasteiger partial charge in [0.25, 0.3) is 0 Å². The molecule has 2 aromatic rings. The molecule has 2 heterocycles. The molecule has 2 N–H and O–H groups in total. The molecule has 0 radical (unpaired) electrons. The van der Waals surface area contributed by atoms with Gasteiger partial charge in [-0.15, -0.1) is 0 Å². The number of halogens is 1. The molecule has 7 nitrogen and oxygen atoms in total. The summed E-state index contributed by atoms with van der Waals surface area (Å²) < 4.78 is 0. The summed E-state index contributed by atoms with van der Waals surface area (Å²) in [6, 6.07) is 8.05. The molecule has 1 aromatic carbocycles. The highest BCUT2D eigenvalue weighted by Gasteiger charge is 2.22. The van der Waals surface area contributed by atoms with Crippen molar-refractivity contribution in [1.29, 1.82) is 0 Å². The van der Waals surface area contributed by atoms with Crippen LogP contribution in [0.25, 0.3) is 0 Å². The van der Waals surface area contributed by atoms with Crippen molar-refractivity contribution in [3.05, 3.63) is 47.4 Å². The molecule has 0 atom stereocenters. The molecule has 0 aliphatic carbocycles. The molecule has 0 saturated carbocycles. The lowest BCUT2D eigenvalue weighted by atomic mass is 10.0. The average molecular weight is 375 g/mol. The summed E-state index contributed by atoms with van der Waals surface area (Å²) in [5.41, 5.74) is 4.28. The molecule has 0 amide bonds. The number of piperazine rings is 1. The van der Waals surface area contributed by atoms with Crippen LogP contribution in [0.5, 0.6) is 0 Å².